The number of hydrogen-bond acceptors (Lipinski definition) is 4. The van der Waals surface area contributed by atoms with Crippen LogP contribution >= 0.6 is 11.3 Å². The van der Waals surface area contributed by atoms with Crippen LogP contribution in [0.25, 0.3) is 0 Å². The smallest absolute Gasteiger partial charge is 0.234 e. The summed E-state index contributed by atoms with van der Waals surface area (Å²) in [5.74, 6) is 1.07. The van der Waals surface area contributed by atoms with Crippen LogP contribution in [-0.4, -0.2) is 35.0 Å². The van der Waals surface area contributed by atoms with Gasteiger partial charge in [-0.1, -0.05) is 18.9 Å². The number of carbonyl (C=O) groups is 1. The van der Waals surface area contributed by atoms with Crippen molar-refractivity contribution in [3.8, 4) is 5.75 Å². The minimum absolute atomic E-state index is 0.0879. The molecule has 2 fully saturated rings. The molecule has 5 heteroatoms. The SMILES string of the molecule is O=C(N1CC(Oc2cccnc2)C1)C1(c2cccs2)CCCC1. The van der Waals surface area contributed by atoms with E-state index in [-0.39, 0.29) is 11.5 Å². The van der Waals surface area contributed by atoms with Crippen molar-refractivity contribution < 1.29 is 9.53 Å². The number of thiophene rings is 1. The van der Waals surface area contributed by atoms with E-state index in [1.807, 2.05) is 17.0 Å². The van der Waals surface area contributed by atoms with Crippen molar-refractivity contribution >= 4 is 17.2 Å². The minimum Gasteiger partial charge on any atom is -0.485 e. The van der Waals surface area contributed by atoms with E-state index >= 15 is 0 Å². The first kappa shape index (κ1) is 14.7. The first-order valence-electron chi connectivity index (χ1n) is 8.18. The van der Waals surface area contributed by atoms with Crippen molar-refractivity contribution in [2.24, 2.45) is 0 Å². The number of amides is 1. The highest BCUT2D eigenvalue weighted by Crippen LogP contribution is 2.45. The molecular formula is C18H20N2O2S. The van der Waals surface area contributed by atoms with Gasteiger partial charge in [0, 0.05) is 11.1 Å². The van der Waals surface area contributed by atoms with Crippen molar-refractivity contribution in [2.75, 3.05) is 13.1 Å². The lowest BCUT2D eigenvalue weighted by molar-refractivity contribution is -0.146. The number of ether oxygens (including phenoxy) is 1. The van der Waals surface area contributed by atoms with Crippen molar-refractivity contribution in [3.05, 3.63) is 46.9 Å². The van der Waals surface area contributed by atoms with Crippen LogP contribution in [0.5, 0.6) is 5.75 Å². The molecule has 0 radical (unpaired) electrons. The Morgan fingerprint density at radius 1 is 1.26 bits per heavy atom. The topological polar surface area (TPSA) is 42.4 Å². The Kier molecular flexibility index (Phi) is 3.81. The zero-order valence-corrected chi connectivity index (χ0v) is 13.8. The normalized spacial score (nSPS) is 20.3. The third-order valence-electron chi connectivity index (χ3n) is 4.93. The molecule has 2 aromatic rings. The molecule has 3 heterocycles. The van der Waals surface area contributed by atoms with Gasteiger partial charge >= 0.3 is 0 Å². The van der Waals surface area contributed by atoms with Gasteiger partial charge in [-0.15, -0.1) is 11.3 Å². The lowest BCUT2D eigenvalue weighted by Crippen LogP contribution is -2.60. The molecule has 1 saturated carbocycles. The Bertz CT molecular complexity index is 660. The fourth-order valence-electron chi connectivity index (χ4n) is 3.69. The molecule has 0 spiro atoms. The molecule has 0 unspecified atom stereocenters. The van der Waals surface area contributed by atoms with E-state index in [0.29, 0.717) is 19.0 Å². The van der Waals surface area contributed by atoms with Crippen LogP contribution in [0, 0.1) is 0 Å². The number of hydrogen-bond donors (Lipinski definition) is 0. The molecule has 0 aromatic carbocycles. The van der Waals surface area contributed by atoms with Gasteiger partial charge in [-0.25, -0.2) is 0 Å². The molecule has 1 aliphatic carbocycles. The Hall–Kier alpha value is -1.88. The highest BCUT2D eigenvalue weighted by molar-refractivity contribution is 7.10. The molecule has 4 rings (SSSR count). The Morgan fingerprint density at radius 2 is 2.09 bits per heavy atom. The molecule has 2 aromatic heterocycles. The highest BCUT2D eigenvalue weighted by atomic mass is 32.1. The van der Waals surface area contributed by atoms with Gasteiger partial charge in [0.05, 0.1) is 24.7 Å². The Balaban J connectivity index is 1.42. The first-order valence-corrected chi connectivity index (χ1v) is 9.06. The lowest BCUT2D eigenvalue weighted by Gasteiger charge is -2.43. The van der Waals surface area contributed by atoms with Crippen molar-refractivity contribution in [1.29, 1.82) is 0 Å². The summed E-state index contributed by atoms with van der Waals surface area (Å²) in [6, 6.07) is 7.94. The maximum Gasteiger partial charge on any atom is 0.234 e. The molecule has 23 heavy (non-hydrogen) atoms. The average Bonchev–Trinajstić information content (AvgIpc) is 3.22. The zero-order valence-electron chi connectivity index (χ0n) is 13.0. The van der Waals surface area contributed by atoms with Gasteiger partial charge in [0.25, 0.3) is 0 Å². The summed E-state index contributed by atoms with van der Waals surface area (Å²) >= 11 is 1.72. The monoisotopic (exact) mass is 328 g/mol. The highest BCUT2D eigenvalue weighted by Gasteiger charge is 2.48. The molecule has 2 aliphatic rings. The fraction of sp³-hybridized carbons (Fsp3) is 0.444. The summed E-state index contributed by atoms with van der Waals surface area (Å²) in [7, 11) is 0. The third kappa shape index (κ3) is 2.63. The quantitative estimate of drug-likeness (QED) is 0.865. The summed E-state index contributed by atoms with van der Waals surface area (Å²) in [4.78, 5) is 20.4. The molecule has 0 bridgehead atoms. The fourth-order valence-corrected chi connectivity index (χ4v) is 4.66. The van der Waals surface area contributed by atoms with Crippen LogP contribution in [0.3, 0.4) is 0 Å². The summed E-state index contributed by atoms with van der Waals surface area (Å²) in [5, 5.41) is 2.08. The summed E-state index contributed by atoms with van der Waals surface area (Å²) in [6.45, 7) is 1.36. The molecular weight excluding hydrogens is 308 g/mol. The summed E-state index contributed by atoms with van der Waals surface area (Å²) in [6.07, 6.45) is 7.79. The van der Waals surface area contributed by atoms with E-state index in [1.54, 1.807) is 23.7 Å². The van der Waals surface area contributed by atoms with Gasteiger partial charge < -0.3 is 9.64 Å². The van der Waals surface area contributed by atoms with Crippen LogP contribution in [0.2, 0.25) is 0 Å². The number of nitrogens with zero attached hydrogens (tertiary/aromatic N) is 2. The largest absolute Gasteiger partial charge is 0.485 e. The number of carbonyl (C=O) groups excluding carboxylic acids is 1. The van der Waals surface area contributed by atoms with E-state index in [2.05, 4.69) is 22.5 Å². The molecule has 1 saturated heterocycles. The second kappa shape index (κ2) is 5.96. The van der Waals surface area contributed by atoms with Crippen LogP contribution in [0.15, 0.2) is 42.0 Å². The standard InChI is InChI=1S/C18H20N2O2S/c21-17(18(7-1-2-8-18)16-6-4-10-23-16)20-12-15(13-20)22-14-5-3-9-19-11-14/h3-6,9-11,15H,1-2,7-8,12-13H2. The predicted molar refractivity (Wildman–Crippen MR) is 89.7 cm³/mol. The zero-order chi connectivity index (χ0) is 15.7. The van der Waals surface area contributed by atoms with E-state index in [9.17, 15) is 4.79 Å². The number of rotatable bonds is 4. The maximum atomic E-state index is 13.1. The van der Waals surface area contributed by atoms with Gasteiger partial charge in [0.15, 0.2) is 0 Å². The van der Waals surface area contributed by atoms with Gasteiger partial charge in [-0.05, 0) is 36.4 Å². The molecule has 1 aliphatic heterocycles. The van der Waals surface area contributed by atoms with Gasteiger partial charge in [0.1, 0.15) is 11.9 Å². The lowest BCUT2D eigenvalue weighted by atomic mass is 9.82. The molecule has 0 N–H and O–H groups in total. The van der Waals surface area contributed by atoms with E-state index in [0.717, 1.165) is 31.4 Å². The van der Waals surface area contributed by atoms with Gasteiger partial charge in [-0.2, -0.15) is 0 Å². The maximum absolute atomic E-state index is 13.1. The van der Waals surface area contributed by atoms with Crippen molar-refractivity contribution in [2.45, 2.75) is 37.2 Å². The number of aromatic nitrogens is 1. The van der Waals surface area contributed by atoms with Crippen molar-refractivity contribution in [1.82, 2.24) is 9.88 Å². The molecule has 0 atom stereocenters. The Morgan fingerprint density at radius 3 is 2.74 bits per heavy atom. The van der Waals surface area contributed by atoms with E-state index in [1.165, 1.54) is 4.88 Å². The van der Waals surface area contributed by atoms with Crippen LogP contribution in [-0.2, 0) is 10.2 Å². The third-order valence-corrected chi connectivity index (χ3v) is 6.01. The van der Waals surface area contributed by atoms with Gasteiger partial charge in [0.2, 0.25) is 5.91 Å². The molecule has 120 valence electrons. The number of pyridine rings is 1. The molecule has 1 amide bonds. The van der Waals surface area contributed by atoms with Crippen LogP contribution in [0.1, 0.15) is 30.6 Å². The van der Waals surface area contributed by atoms with Crippen LogP contribution < -0.4 is 4.74 Å². The number of likely N-dealkylation sites (tertiary alicyclic amines) is 1. The average molecular weight is 328 g/mol. The van der Waals surface area contributed by atoms with Gasteiger partial charge in [-0.3, -0.25) is 9.78 Å². The van der Waals surface area contributed by atoms with Crippen LogP contribution in [0.4, 0.5) is 0 Å². The molecule has 4 nitrogen and oxygen atoms in total. The van der Waals surface area contributed by atoms with E-state index < -0.39 is 0 Å². The van der Waals surface area contributed by atoms with Crippen molar-refractivity contribution in [3.63, 3.8) is 0 Å². The predicted octanol–water partition coefficient (Wildman–Crippen LogP) is 3.24. The van der Waals surface area contributed by atoms with E-state index in [4.69, 9.17) is 4.74 Å². The second-order valence-corrected chi connectivity index (χ2v) is 7.35. The first-order chi connectivity index (χ1) is 11.3. The Labute approximate surface area is 140 Å². The summed E-state index contributed by atoms with van der Waals surface area (Å²) in [5.41, 5.74) is -0.270. The summed E-state index contributed by atoms with van der Waals surface area (Å²) < 4.78 is 5.86. The minimum atomic E-state index is -0.270. The second-order valence-electron chi connectivity index (χ2n) is 6.41.